The quantitative estimate of drug-likeness (QED) is 0.600. The molecule has 0 aromatic rings. The topological polar surface area (TPSA) is 32.3 Å². The predicted octanol–water partition coefficient (Wildman–Crippen LogP) is 0.391. The summed E-state index contributed by atoms with van der Waals surface area (Å²) < 4.78 is 0. The molecule has 1 N–H and O–H groups in total. The Labute approximate surface area is 78.9 Å². The highest BCUT2D eigenvalue weighted by Crippen LogP contribution is 2.20. The van der Waals surface area contributed by atoms with Crippen molar-refractivity contribution < 1.29 is 4.79 Å². The van der Waals surface area contributed by atoms with Crippen LogP contribution in [0, 0.1) is 0 Å². The summed E-state index contributed by atoms with van der Waals surface area (Å²) in [6.45, 7) is 3.92. The molecular formula is C8H15ClN2O. The van der Waals surface area contributed by atoms with E-state index >= 15 is 0 Å². The molecule has 0 aromatic heterocycles. The average Bonchev–Trinajstić information content (AvgIpc) is 2.45. The second-order valence-corrected chi connectivity index (χ2v) is 3.46. The van der Waals surface area contributed by atoms with Crippen molar-refractivity contribution in [2.45, 2.75) is 31.8 Å². The largest absolute Gasteiger partial charge is 0.337 e. The summed E-state index contributed by atoms with van der Waals surface area (Å²) in [7, 11) is 0. The minimum absolute atomic E-state index is 0. The lowest BCUT2D eigenvalue weighted by Gasteiger charge is -2.33. The van der Waals surface area contributed by atoms with Crippen LogP contribution in [0.4, 0.5) is 0 Å². The molecule has 0 saturated carbocycles. The van der Waals surface area contributed by atoms with Crippen LogP contribution in [0.3, 0.4) is 0 Å². The Kier molecular flexibility index (Phi) is 2.96. The average molecular weight is 191 g/mol. The van der Waals surface area contributed by atoms with E-state index in [0.29, 0.717) is 11.9 Å². The summed E-state index contributed by atoms with van der Waals surface area (Å²) in [6.07, 6.45) is 2.37. The van der Waals surface area contributed by atoms with Crippen LogP contribution >= 0.6 is 12.4 Å². The van der Waals surface area contributed by atoms with Crippen LogP contribution < -0.4 is 5.32 Å². The van der Waals surface area contributed by atoms with E-state index in [4.69, 9.17) is 0 Å². The summed E-state index contributed by atoms with van der Waals surface area (Å²) >= 11 is 0. The maximum Gasteiger partial charge on any atom is 0.239 e. The normalized spacial score (nSPS) is 34.4. The molecule has 0 radical (unpaired) electrons. The van der Waals surface area contributed by atoms with Crippen molar-refractivity contribution >= 4 is 18.3 Å². The maximum atomic E-state index is 11.5. The highest BCUT2D eigenvalue weighted by molar-refractivity contribution is 5.85. The molecule has 2 saturated heterocycles. The molecular weight excluding hydrogens is 176 g/mol. The van der Waals surface area contributed by atoms with Gasteiger partial charge >= 0.3 is 0 Å². The van der Waals surface area contributed by atoms with Crippen LogP contribution in [0.1, 0.15) is 19.8 Å². The summed E-state index contributed by atoms with van der Waals surface area (Å²) in [5, 5.41) is 3.21. The van der Waals surface area contributed by atoms with E-state index < -0.39 is 0 Å². The van der Waals surface area contributed by atoms with E-state index in [-0.39, 0.29) is 18.4 Å². The first kappa shape index (κ1) is 9.81. The standard InChI is InChI=1S/C8H14N2O.ClH/c1-6-8(11)10-4-2-3-7(10)5-9-6;/h6-7,9H,2-5H2,1H3;1H/t6-,7-;/m1./s1. The molecule has 2 atom stereocenters. The summed E-state index contributed by atoms with van der Waals surface area (Å²) in [5.41, 5.74) is 0. The minimum atomic E-state index is 0. The molecule has 4 heteroatoms. The molecule has 0 unspecified atom stereocenters. The van der Waals surface area contributed by atoms with E-state index in [0.717, 1.165) is 13.1 Å². The molecule has 70 valence electrons. The Hall–Kier alpha value is -0.280. The fourth-order valence-corrected chi connectivity index (χ4v) is 1.99. The van der Waals surface area contributed by atoms with Crippen LogP contribution in [-0.4, -0.2) is 36.0 Å². The molecule has 1 amide bonds. The van der Waals surface area contributed by atoms with Crippen molar-refractivity contribution in [3.05, 3.63) is 0 Å². The van der Waals surface area contributed by atoms with Crippen LogP contribution in [0.5, 0.6) is 0 Å². The number of hydrogen-bond acceptors (Lipinski definition) is 2. The number of hydrogen-bond donors (Lipinski definition) is 1. The lowest BCUT2D eigenvalue weighted by atomic mass is 10.1. The first-order chi connectivity index (χ1) is 5.29. The van der Waals surface area contributed by atoms with Crippen LogP contribution in [-0.2, 0) is 4.79 Å². The number of piperazine rings is 1. The summed E-state index contributed by atoms with van der Waals surface area (Å²) in [4.78, 5) is 13.5. The van der Waals surface area contributed by atoms with E-state index in [1.807, 2.05) is 11.8 Å². The highest BCUT2D eigenvalue weighted by atomic mass is 35.5. The molecule has 2 fully saturated rings. The van der Waals surface area contributed by atoms with Crippen molar-refractivity contribution in [2.75, 3.05) is 13.1 Å². The SMILES string of the molecule is C[C@H]1NC[C@H]2CCCN2C1=O.Cl. The van der Waals surface area contributed by atoms with Crippen molar-refractivity contribution in [3.8, 4) is 0 Å². The van der Waals surface area contributed by atoms with Gasteiger partial charge in [0.05, 0.1) is 6.04 Å². The molecule has 0 aliphatic carbocycles. The molecule has 0 bridgehead atoms. The number of carbonyl (C=O) groups is 1. The van der Waals surface area contributed by atoms with Gasteiger partial charge in [-0.15, -0.1) is 12.4 Å². The van der Waals surface area contributed by atoms with Gasteiger partial charge < -0.3 is 10.2 Å². The van der Waals surface area contributed by atoms with Gasteiger partial charge in [0.1, 0.15) is 0 Å². The molecule has 3 nitrogen and oxygen atoms in total. The molecule has 2 aliphatic rings. The number of nitrogens with zero attached hydrogens (tertiary/aromatic N) is 1. The van der Waals surface area contributed by atoms with Gasteiger partial charge in [0.25, 0.3) is 0 Å². The van der Waals surface area contributed by atoms with E-state index in [1.165, 1.54) is 12.8 Å². The molecule has 0 spiro atoms. The van der Waals surface area contributed by atoms with Crippen LogP contribution in [0.15, 0.2) is 0 Å². The Morgan fingerprint density at radius 3 is 3.08 bits per heavy atom. The molecule has 0 aromatic carbocycles. The number of carbonyl (C=O) groups excluding carboxylic acids is 1. The number of fused-ring (bicyclic) bond motifs is 1. The first-order valence-electron chi connectivity index (χ1n) is 4.33. The Morgan fingerprint density at radius 1 is 1.58 bits per heavy atom. The van der Waals surface area contributed by atoms with E-state index in [1.54, 1.807) is 0 Å². The van der Waals surface area contributed by atoms with Crippen molar-refractivity contribution in [1.82, 2.24) is 10.2 Å². The van der Waals surface area contributed by atoms with E-state index in [2.05, 4.69) is 5.32 Å². The fourth-order valence-electron chi connectivity index (χ4n) is 1.99. The van der Waals surface area contributed by atoms with Gasteiger partial charge in [0.15, 0.2) is 0 Å². The first-order valence-corrected chi connectivity index (χ1v) is 4.33. The van der Waals surface area contributed by atoms with Gasteiger partial charge in [-0.2, -0.15) is 0 Å². The molecule has 2 aliphatic heterocycles. The molecule has 2 rings (SSSR count). The third kappa shape index (κ3) is 1.43. The van der Waals surface area contributed by atoms with Gasteiger partial charge in [0.2, 0.25) is 5.91 Å². The second-order valence-electron chi connectivity index (χ2n) is 3.46. The van der Waals surface area contributed by atoms with Crippen molar-refractivity contribution in [1.29, 1.82) is 0 Å². The van der Waals surface area contributed by atoms with Gasteiger partial charge in [-0.05, 0) is 19.8 Å². The van der Waals surface area contributed by atoms with Crippen molar-refractivity contribution in [2.24, 2.45) is 0 Å². The van der Waals surface area contributed by atoms with Crippen LogP contribution in [0.2, 0.25) is 0 Å². The number of rotatable bonds is 0. The van der Waals surface area contributed by atoms with Gasteiger partial charge in [0, 0.05) is 19.1 Å². The fraction of sp³-hybridized carbons (Fsp3) is 0.875. The second kappa shape index (κ2) is 3.62. The highest BCUT2D eigenvalue weighted by Gasteiger charge is 2.35. The number of halogens is 1. The van der Waals surface area contributed by atoms with Gasteiger partial charge in [-0.25, -0.2) is 0 Å². The smallest absolute Gasteiger partial charge is 0.239 e. The zero-order valence-electron chi connectivity index (χ0n) is 7.25. The van der Waals surface area contributed by atoms with E-state index in [9.17, 15) is 4.79 Å². The minimum Gasteiger partial charge on any atom is -0.337 e. The van der Waals surface area contributed by atoms with Crippen molar-refractivity contribution in [3.63, 3.8) is 0 Å². The third-order valence-electron chi connectivity index (χ3n) is 2.69. The summed E-state index contributed by atoms with van der Waals surface area (Å²) in [6, 6.07) is 0.544. The third-order valence-corrected chi connectivity index (χ3v) is 2.69. The lowest BCUT2D eigenvalue weighted by Crippen LogP contribution is -2.56. The zero-order chi connectivity index (χ0) is 7.84. The predicted molar refractivity (Wildman–Crippen MR) is 49.4 cm³/mol. The summed E-state index contributed by atoms with van der Waals surface area (Å²) in [5.74, 6) is 0.291. The Balaban J connectivity index is 0.000000720. The van der Waals surface area contributed by atoms with Gasteiger partial charge in [-0.3, -0.25) is 4.79 Å². The number of nitrogens with one attached hydrogen (secondary N) is 1. The van der Waals surface area contributed by atoms with Gasteiger partial charge in [-0.1, -0.05) is 0 Å². The Bertz CT molecular complexity index is 186. The monoisotopic (exact) mass is 190 g/mol. The Morgan fingerprint density at radius 2 is 2.33 bits per heavy atom. The number of amides is 1. The van der Waals surface area contributed by atoms with Crippen LogP contribution in [0.25, 0.3) is 0 Å². The lowest BCUT2D eigenvalue weighted by molar-refractivity contribution is -0.136. The maximum absolute atomic E-state index is 11.5. The zero-order valence-corrected chi connectivity index (χ0v) is 8.06. The molecule has 12 heavy (non-hydrogen) atoms. The molecule has 2 heterocycles.